The molecule has 1 atom stereocenters. The molecule has 28 heavy (non-hydrogen) atoms. The number of para-hydroxylation sites is 2. The van der Waals surface area contributed by atoms with Crippen LogP contribution in [0.5, 0.6) is 0 Å². The summed E-state index contributed by atoms with van der Waals surface area (Å²) in [5.41, 5.74) is 4.09. The predicted octanol–water partition coefficient (Wildman–Crippen LogP) is 3.72. The number of benzene rings is 1. The van der Waals surface area contributed by atoms with Crippen molar-refractivity contribution in [3.63, 3.8) is 0 Å². The maximum Gasteiger partial charge on any atom is 0.272 e. The number of amides is 1. The molecular weight excluding hydrogens is 352 g/mol. The van der Waals surface area contributed by atoms with E-state index in [9.17, 15) is 4.79 Å². The van der Waals surface area contributed by atoms with Gasteiger partial charge in [0, 0.05) is 24.5 Å². The fourth-order valence-corrected chi connectivity index (χ4v) is 3.85. The van der Waals surface area contributed by atoms with E-state index in [4.69, 9.17) is 4.98 Å². The highest BCUT2D eigenvalue weighted by molar-refractivity contribution is 5.93. The molecule has 2 N–H and O–H groups in total. The third kappa shape index (κ3) is 2.94. The first kappa shape index (κ1) is 16.7. The quantitative estimate of drug-likeness (QED) is 0.573. The molecule has 1 aliphatic heterocycles. The fourth-order valence-electron chi connectivity index (χ4n) is 3.85. The van der Waals surface area contributed by atoms with Crippen LogP contribution in [0.1, 0.15) is 41.6 Å². The Labute approximate surface area is 161 Å². The maximum absolute atomic E-state index is 13.2. The van der Waals surface area contributed by atoms with Gasteiger partial charge in [-0.1, -0.05) is 12.1 Å². The molecule has 140 valence electrons. The van der Waals surface area contributed by atoms with Crippen molar-refractivity contribution in [2.75, 3.05) is 6.54 Å². The van der Waals surface area contributed by atoms with Crippen LogP contribution >= 0.6 is 0 Å². The second kappa shape index (κ2) is 6.92. The summed E-state index contributed by atoms with van der Waals surface area (Å²) in [6, 6.07) is 13.5. The molecule has 0 radical (unpaired) electrons. The Bertz CT molecular complexity index is 1080. The number of piperidine rings is 1. The molecule has 1 saturated heterocycles. The maximum atomic E-state index is 13.2. The first-order valence-corrected chi connectivity index (χ1v) is 9.51. The zero-order valence-electron chi connectivity index (χ0n) is 15.3. The Hall–Kier alpha value is -3.48. The van der Waals surface area contributed by atoms with Gasteiger partial charge in [-0.25, -0.2) is 4.98 Å². The molecule has 3 aromatic heterocycles. The van der Waals surface area contributed by atoms with Gasteiger partial charge in [0.05, 0.1) is 22.8 Å². The number of carbonyl (C=O) groups excluding carboxylic acids is 1. The van der Waals surface area contributed by atoms with E-state index >= 15 is 0 Å². The summed E-state index contributed by atoms with van der Waals surface area (Å²) in [6.45, 7) is 0.712. The molecule has 1 fully saturated rings. The number of pyridine rings is 1. The third-order valence-electron chi connectivity index (χ3n) is 5.27. The number of aromatic amines is 2. The molecule has 0 aliphatic carbocycles. The minimum Gasteiger partial charge on any atom is -0.340 e. The number of H-pyrrole nitrogens is 2. The summed E-state index contributed by atoms with van der Waals surface area (Å²) in [6.07, 6.45) is 6.41. The monoisotopic (exact) mass is 372 g/mol. The van der Waals surface area contributed by atoms with Crippen LogP contribution < -0.4 is 0 Å². The van der Waals surface area contributed by atoms with Gasteiger partial charge in [0.1, 0.15) is 11.5 Å². The number of rotatable bonds is 3. The molecule has 4 aromatic rings. The van der Waals surface area contributed by atoms with Crippen LogP contribution in [0.4, 0.5) is 0 Å². The van der Waals surface area contributed by atoms with Crippen molar-refractivity contribution < 1.29 is 4.79 Å². The number of imidazole rings is 1. The number of hydrogen-bond donors (Lipinski definition) is 2. The minimum atomic E-state index is -0.0543. The summed E-state index contributed by atoms with van der Waals surface area (Å²) < 4.78 is 0. The standard InChI is InChI=1S/C21H20N6O/c28-21(18-13-17(25-26-18)14-8-10-22-11-9-14)27-12-4-3-7-19(27)20-23-15-5-1-2-6-16(15)24-20/h1-2,5-6,8-11,13,19H,3-4,7,12H2,(H,23,24)(H,25,26). The molecule has 0 saturated carbocycles. The molecular formula is C21H20N6O. The van der Waals surface area contributed by atoms with Gasteiger partial charge in [-0.05, 0) is 49.6 Å². The van der Waals surface area contributed by atoms with E-state index in [0.29, 0.717) is 12.2 Å². The van der Waals surface area contributed by atoms with Gasteiger partial charge in [0.25, 0.3) is 5.91 Å². The lowest BCUT2D eigenvalue weighted by Crippen LogP contribution is -2.39. The molecule has 0 spiro atoms. The SMILES string of the molecule is O=C(c1cc(-c2ccncc2)n[nH]1)N1CCCCC1c1nc2ccccc2[nH]1. The normalized spacial score (nSPS) is 17.1. The van der Waals surface area contributed by atoms with Crippen LogP contribution in [-0.4, -0.2) is 42.5 Å². The van der Waals surface area contributed by atoms with E-state index in [0.717, 1.165) is 47.4 Å². The Morgan fingerprint density at radius 3 is 2.82 bits per heavy atom. The molecule has 0 bridgehead atoms. The van der Waals surface area contributed by atoms with E-state index in [1.165, 1.54) is 0 Å². The van der Waals surface area contributed by atoms with Crippen LogP contribution in [0.25, 0.3) is 22.3 Å². The van der Waals surface area contributed by atoms with Crippen molar-refractivity contribution in [1.82, 2.24) is 30.0 Å². The second-order valence-corrected chi connectivity index (χ2v) is 7.05. The Kier molecular flexibility index (Phi) is 4.12. The van der Waals surface area contributed by atoms with Gasteiger partial charge in [0.15, 0.2) is 0 Å². The van der Waals surface area contributed by atoms with Crippen molar-refractivity contribution in [3.05, 3.63) is 66.4 Å². The second-order valence-electron chi connectivity index (χ2n) is 7.05. The topological polar surface area (TPSA) is 90.6 Å². The number of nitrogens with zero attached hydrogens (tertiary/aromatic N) is 4. The summed E-state index contributed by atoms with van der Waals surface area (Å²) >= 11 is 0. The van der Waals surface area contributed by atoms with Crippen molar-refractivity contribution in [3.8, 4) is 11.3 Å². The molecule has 7 nitrogen and oxygen atoms in total. The zero-order chi connectivity index (χ0) is 18.9. The van der Waals surface area contributed by atoms with Crippen LogP contribution in [0.2, 0.25) is 0 Å². The molecule has 7 heteroatoms. The number of fused-ring (bicyclic) bond motifs is 1. The third-order valence-corrected chi connectivity index (χ3v) is 5.27. The van der Waals surface area contributed by atoms with Gasteiger partial charge in [-0.2, -0.15) is 5.10 Å². The van der Waals surface area contributed by atoms with Gasteiger partial charge >= 0.3 is 0 Å². The zero-order valence-corrected chi connectivity index (χ0v) is 15.3. The van der Waals surface area contributed by atoms with Gasteiger partial charge in [0.2, 0.25) is 0 Å². The smallest absolute Gasteiger partial charge is 0.272 e. The highest BCUT2D eigenvalue weighted by Crippen LogP contribution is 2.32. The van der Waals surface area contributed by atoms with Crippen LogP contribution in [0.3, 0.4) is 0 Å². The van der Waals surface area contributed by atoms with Gasteiger partial charge in [-0.3, -0.25) is 14.9 Å². The lowest BCUT2D eigenvalue weighted by atomic mass is 10.0. The highest BCUT2D eigenvalue weighted by atomic mass is 16.2. The predicted molar refractivity (Wildman–Crippen MR) is 106 cm³/mol. The highest BCUT2D eigenvalue weighted by Gasteiger charge is 2.31. The number of carbonyl (C=O) groups is 1. The number of hydrogen-bond acceptors (Lipinski definition) is 4. The van der Waals surface area contributed by atoms with Crippen LogP contribution in [-0.2, 0) is 0 Å². The summed E-state index contributed by atoms with van der Waals surface area (Å²) in [5, 5.41) is 7.22. The Morgan fingerprint density at radius 2 is 1.96 bits per heavy atom. The molecule has 1 aromatic carbocycles. The van der Waals surface area contributed by atoms with Crippen molar-refractivity contribution in [2.24, 2.45) is 0 Å². The molecule has 1 unspecified atom stereocenters. The van der Waals surface area contributed by atoms with Crippen molar-refractivity contribution in [1.29, 1.82) is 0 Å². The first-order chi connectivity index (χ1) is 13.8. The molecule has 5 rings (SSSR count). The van der Waals surface area contributed by atoms with E-state index in [2.05, 4.69) is 20.2 Å². The molecule has 4 heterocycles. The van der Waals surface area contributed by atoms with Gasteiger partial charge < -0.3 is 9.88 Å². The van der Waals surface area contributed by atoms with E-state index in [1.54, 1.807) is 12.4 Å². The first-order valence-electron chi connectivity index (χ1n) is 9.51. The van der Waals surface area contributed by atoms with Crippen LogP contribution in [0, 0.1) is 0 Å². The average Bonchev–Trinajstić information content (AvgIpc) is 3.41. The number of likely N-dealkylation sites (tertiary alicyclic amines) is 1. The summed E-state index contributed by atoms with van der Waals surface area (Å²) in [4.78, 5) is 27.3. The van der Waals surface area contributed by atoms with E-state index < -0.39 is 0 Å². The fraction of sp³-hybridized carbons (Fsp3) is 0.238. The number of aromatic nitrogens is 5. The summed E-state index contributed by atoms with van der Waals surface area (Å²) in [5.74, 6) is 0.807. The molecule has 1 amide bonds. The van der Waals surface area contributed by atoms with Crippen LogP contribution in [0.15, 0.2) is 54.9 Å². The van der Waals surface area contributed by atoms with E-state index in [1.807, 2.05) is 47.4 Å². The number of nitrogens with one attached hydrogen (secondary N) is 2. The largest absolute Gasteiger partial charge is 0.340 e. The van der Waals surface area contributed by atoms with E-state index in [-0.39, 0.29) is 11.9 Å². The van der Waals surface area contributed by atoms with Gasteiger partial charge in [-0.15, -0.1) is 0 Å². The van der Waals surface area contributed by atoms with Crippen molar-refractivity contribution in [2.45, 2.75) is 25.3 Å². The summed E-state index contributed by atoms with van der Waals surface area (Å²) in [7, 11) is 0. The molecule has 1 aliphatic rings. The lowest BCUT2D eigenvalue weighted by Gasteiger charge is -2.34. The minimum absolute atomic E-state index is 0.0436. The van der Waals surface area contributed by atoms with Crippen molar-refractivity contribution >= 4 is 16.9 Å². The Balaban J connectivity index is 1.45. The Morgan fingerprint density at radius 1 is 1.11 bits per heavy atom. The lowest BCUT2D eigenvalue weighted by molar-refractivity contribution is 0.0595. The average molecular weight is 372 g/mol.